The molecule has 25 heavy (non-hydrogen) atoms. The molecule has 0 aliphatic carbocycles. The van der Waals surface area contributed by atoms with E-state index in [1.54, 1.807) is 24.3 Å². The van der Waals surface area contributed by atoms with Crippen molar-refractivity contribution in [1.82, 2.24) is 0 Å². The predicted molar refractivity (Wildman–Crippen MR) is 84.5 cm³/mol. The second-order valence-electron chi connectivity index (χ2n) is 5.14. The average Bonchev–Trinajstić information content (AvgIpc) is 2.58. The third-order valence-electron chi connectivity index (χ3n) is 3.52. The van der Waals surface area contributed by atoms with Crippen molar-refractivity contribution in [2.45, 2.75) is 12.2 Å². The minimum Gasteiger partial charge on any atom is -0.497 e. The van der Waals surface area contributed by atoms with Gasteiger partial charge in [0.2, 0.25) is 0 Å². The van der Waals surface area contributed by atoms with E-state index >= 15 is 0 Å². The van der Waals surface area contributed by atoms with E-state index in [0.717, 1.165) is 12.1 Å². The highest BCUT2D eigenvalue weighted by Gasteiger charge is 2.38. The van der Waals surface area contributed by atoms with Crippen LogP contribution in [0.1, 0.15) is 17.2 Å². The minimum absolute atomic E-state index is 0.000190. The van der Waals surface area contributed by atoms with E-state index in [2.05, 4.69) is 5.32 Å². The van der Waals surface area contributed by atoms with Gasteiger partial charge in [0, 0.05) is 11.8 Å². The summed E-state index contributed by atoms with van der Waals surface area (Å²) in [7, 11) is 1.46. The van der Waals surface area contributed by atoms with Crippen molar-refractivity contribution < 1.29 is 27.9 Å². The number of halogens is 3. The van der Waals surface area contributed by atoms with E-state index in [0.29, 0.717) is 17.4 Å². The normalized spacial score (nSPS) is 12.5. The lowest BCUT2D eigenvalue weighted by molar-refractivity contribution is -0.388. The molecular formula is C16H15F3N2O4. The van der Waals surface area contributed by atoms with E-state index in [1.165, 1.54) is 7.11 Å². The molecule has 0 heterocycles. The number of nitro groups is 1. The lowest BCUT2D eigenvalue weighted by Gasteiger charge is -2.19. The summed E-state index contributed by atoms with van der Waals surface area (Å²) in [5, 5.41) is 23.1. The number of ether oxygens (including phenoxy) is 1. The van der Waals surface area contributed by atoms with Crippen LogP contribution in [0.2, 0.25) is 0 Å². The molecule has 0 aliphatic rings. The maximum atomic E-state index is 13.0. The van der Waals surface area contributed by atoms with Crippen molar-refractivity contribution in [1.29, 1.82) is 0 Å². The Hall–Kier alpha value is -2.81. The number of benzene rings is 2. The Labute approximate surface area is 141 Å². The van der Waals surface area contributed by atoms with Gasteiger partial charge in [0.05, 0.1) is 24.7 Å². The van der Waals surface area contributed by atoms with Gasteiger partial charge in [-0.3, -0.25) is 10.1 Å². The summed E-state index contributed by atoms with van der Waals surface area (Å²) in [4.78, 5) is 9.70. The molecule has 2 aromatic carbocycles. The van der Waals surface area contributed by atoms with Gasteiger partial charge in [-0.15, -0.1) is 0 Å². The van der Waals surface area contributed by atoms with Crippen LogP contribution in [-0.4, -0.2) is 23.7 Å². The van der Waals surface area contributed by atoms with Gasteiger partial charge in [-0.25, -0.2) is 0 Å². The summed E-state index contributed by atoms with van der Waals surface area (Å²) in [6.45, 7) is -0.397. The Morgan fingerprint density at radius 3 is 2.56 bits per heavy atom. The van der Waals surface area contributed by atoms with Crippen LogP contribution in [0.4, 0.5) is 24.5 Å². The highest BCUT2D eigenvalue weighted by atomic mass is 19.4. The standard InChI is InChI=1S/C16H15F3N2O4/c1-25-12-4-2-3-10(7-12)14(9-22)20-11-5-6-15(21(23)24)13(8-11)16(17,18)19/h2-8,14,20,22H,9H2,1H3. The van der Waals surface area contributed by atoms with E-state index in [4.69, 9.17) is 4.74 Å². The molecular weight excluding hydrogens is 341 g/mol. The molecule has 134 valence electrons. The predicted octanol–water partition coefficient (Wildman–Crippen LogP) is 3.77. The number of nitro benzene ring substituents is 1. The highest BCUT2D eigenvalue weighted by Crippen LogP contribution is 2.38. The summed E-state index contributed by atoms with van der Waals surface area (Å²) >= 11 is 0. The molecule has 0 fully saturated rings. The number of hydrogen-bond donors (Lipinski definition) is 2. The fraction of sp³-hybridized carbons (Fsp3) is 0.250. The lowest BCUT2D eigenvalue weighted by Crippen LogP contribution is -2.16. The molecule has 0 bridgehead atoms. The van der Waals surface area contributed by atoms with Gasteiger partial charge in [-0.2, -0.15) is 13.2 Å². The Morgan fingerprint density at radius 1 is 1.28 bits per heavy atom. The van der Waals surface area contributed by atoms with E-state index < -0.39 is 35.0 Å². The van der Waals surface area contributed by atoms with E-state index in [9.17, 15) is 28.4 Å². The first-order valence-electron chi connectivity index (χ1n) is 7.13. The molecule has 0 aromatic heterocycles. The average molecular weight is 356 g/mol. The SMILES string of the molecule is COc1cccc(C(CO)Nc2ccc([N+](=O)[O-])c(C(F)(F)F)c2)c1. The Morgan fingerprint density at radius 2 is 2.00 bits per heavy atom. The molecule has 0 amide bonds. The molecule has 2 aromatic rings. The van der Waals surface area contributed by atoms with Crippen LogP contribution in [0, 0.1) is 10.1 Å². The van der Waals surface area contributed by atoms with Crippen LogP contribution in [0.3, 0.4) is 0 Å². The Bertz CT molecular complexity index is 765. The molecule has 0 radical (unpaired) electrons. The number of anilines is 1. The first-order valence-corrected chi connectivity index (χ1v) is 7.13. The third-order valence-corrected chi connectivity index (χ3v) is 3.52. The summed E-state index contributed by atoms with van der Waals surface area (Å²) in [5.74, 6) is 0.525. The van der Waals surface area contributed by atoms with Crippen molar-refractivity contribution in [3.63, 3.8) is 0 Å². The molecule has 9 heteroatoms. The number of nitrogens with one attached hydrogen (secondary N) is 1. The van der Waals surface area contributed by atoms with Gasteiger partial charge in [0.15, 0.2) is 0 Å². The number of aliphatic hydroxyl groups is 1. The molecule has 2 rings (SSSR count). The largest absolute Gasteiger partial charge is 0.497 e. The van der Waals surface area contributed by atoms with E-state index in [-0.39, 0.29) is 5.69 Å². The molecule has 2 N–H and O–H groups in total. The topological polar surface area (TPSA) is 84.6 Å². The number of aliphatic hydroxyl groups excluding tert-OH is 1. The zero-order valence-corrected chi connectivity index (χ0v) is 13.1. The van der Waals surface area contributed by atoms with Gasteiger partial charge >= 0.3 is 6.18 Å². The Kier molecular flexibility index (Phi) is 5.48. The molecule has 0 saturated carbocycles. The van der Waals surface area contributed by atoms with Crippen molar-refractivity contribution in [3.8, 4) is 5.75 Å². The van der Waals surface area contributed by atoms with Crippen LogP contribution in [0.15, 0.2) is 42.5 Å². The smallest absolute Gasteiger partial charge is 0.423 e. The number of methoxy groups -OCH3 is 1. The molecule has 0 aliphatic heterocycles. The molecule has 1 atom stereocenters. The maximum absolute atomic E-state index is 13.0. The summed E-state index contributed by atoms with van der Waals surface area (Å²) in [6, 6.07) is 8.55. The quantitative estimate of drug-likeness (QED) is 0.608. The first-order chi connectivity index (χ1) is 11.8. The van der Waals surface area contributed by atoms with Gasteiger partial charge in [0.25, 0.3) is 5.69 Å². The molecule has 1 unspecified atom stereocenters. The van der Waals surface area contributed by atoms with Gasteiger partial charge < -0.3 is 15.2 Å². The van der Waals surface area contributed by atoms with Gasteiger partial charge in [-0.1, -0.05) is 12.1 Å². The lowest BCUT2D eigenvalue weighted by atomic mass is 10.1. The summed E-state index contributed by atoms with van der Waals surface area (Å²) in [6.07, 6.45) is -4.87. The van der Waals surface area contributed by atoms with Gasteiger partial charge in [0.1, 0.15) is 11.3 Å². The number of hydrogen-bond acceptors (Lipinski definition) is 5. The van der Waals surface area contributed by atoms with Crippen molar-refractivity contribution >= 4 is 11.4 Å². The van der Waals surface area contributed by atoms with Crippen LogP contribution in [0.25, 0.3) is 0 Å². The second-order valence-corrected chi connectivity index (χ2v) is 5.14. The van der Waals surface area contributed by atoms with Crippen LogP contribution in [0.5, 0.6) is 5.75 Å². The fourth-order valence-corrected chi connectivity index (χ4v) is 2.31. The van der Waals surface area contributed by atoms with Crippen LogP contribution >= 0.6 is 0 Å². The van der Waals surface area contributed by atoms with E-state index in [1.807, 2.05) is 0 Å². The zero-order valence-electron chi connectivity index (χ0n) is 13.1. The van der Waals surface area contributed by atoms with Crippen molar-refractivity contribution in [2.75, 3.05) is 19.0 Å². The number of alkyl halides is 3. The summed E-state index contributed by atoms with van der Waals surface area (Å²) in [5.41, 5.74) is -1.79. The molecule has 0 spiro atoms. The van der Waals surface area contributed by atoms with Crippen molar-refractivity contribution in [3.05, 3.63) is 63.7 Å². The highest BCUT2D eigenvalue weighted by molar-refractivity contribution is 5.56. The fourth-order valence-electron chi connectivity index (χ4n) is 2.31. The van der Waals surface area contributed by atoms with Crippen LogP contribution in [-0.2, 0) is 6.18 Å². The van der Waals surface area contributed by atoms with Crippen LogP contribution < -0.4 is 10.1 Å². The minimum atomic E-state index is -4.87. The number of nitrogens with zero attached hydrogens (tertiary/aromatic N) is 1. The molecule has 0 saturated heterocycles. The first kappa shape index (κ1) is 18.5. The van der Waals surface area contributed by atoms with Gasteiger partial charge in [-0.05, 0) is 29.8 Å². The number of rotatable bonds is 6. The Balaban J connectivity index is 2.36. The monoisotopic (exact) mass is 356 g/mol. The molecule has 6 nitrogen and oxygen atoms in total. The third kappa shape index (κ3) is 4.38. The second kappa shape index (κ2) is 7.39. The maximum Gasteiger partial charge on any atom is 0.423 e. The summed E-state index contributed by atoms with van der Waals surface area (Å²) < 4.78 is 44.2. The van der Waals surface area contributed by atoms with Crippen molar-refractivity contribution in [2.24, 2.45) is 0 Å². The zero-order chi connectivity index (χ0) is 18.6.